The molecule has 10 heteroatoms. The highest BCUT2D eigenvalue weighted by Crippen LogP contribution is 2.37. The first-order valence-electron chi connectivity index (χ1n) is 10.7. The van der Waals surface area contributed by atoms with Gasteiger partial charge < -0.3 is 14.2 Å². The van der Waals surface area contributed by atoms with Gasteiger partial charge in [0.05, 0.1) is 46.7 Å². The molecule has 0 spiro atoms. The van der Waals surface area contributed by atoms with Gasteiger partial charge in [0.2, 0.25) is 0 Å². The summed E-state index contributed by atoms with van der Waals surface area (Å²) in [6, 6.07) is 9.57. The minimum absolute atomic E-state index is 0.176. The van der Waals surface area contributed by atoms with Crippen LogP contribution < -0.4 is 24.4 Å². The summed E-state index contributed by atoms with van der Waals surface area (Å²) in [5.41, 5.74) is 1.53. The van der Waals surface area contributed by atoms with E-state index in [0.717, 1.165) is 0 Å². The average molecular weight is 533 g/mol. The first kappa shape index (κ1) is 25.0. The molecule has 1 atom stereocenters. The first-order valence-corrected chi connectivity index (χ1v) is 12.2. The van der Waals surface area contributed by atoms with Crippen molar-refractivity contribution in [3.8, 4) is 11.5 Å². The molecule has 1 aliphatic heterocycles. The molecule has 1 aliphatic rings. The lowest BCUT2D eigenvalue weighted by atomic mass is 9.94. The molecule has 1 aromatic heterocycles. The number of methoxy groups -OCH3 is 2. The van der Waals surface area contributed by atoms with E-state index < -0.39 is 12.0 Å². The molecule has 0 N–H and O–H groups in total. The van der Waals surface area contributed by atoms with Crippen molar-refractivity contribution < 1.29 is 19.0 Å². The van der Waals surface area contributed by atoms with Crippen molar-refractivity contribution in [2.24, 2.45) is 4.99 Å². The third-order valence-electron chi connectivity index (χ3n) is 5.52. The second-order valence-electron chi connectivity index (χ2n) is 7.55. The number of hydrogen-bond donors (Lipinski definition) is 0. The van der Waals surface area contributed by atoms with Crippen LogP contribution in [0.25, 0.3) is 6.08 Å². The maximum absolute atomic E-state index is 13.7. The average Bonchev–Trinajstić information content (AvgIpc) is 3.15. The number of hydrogen-bond acceptors (Lipinski definition) is 7. The molecule has 0 fully saturated rings. The Morgan fingerprint density at radius 3 is 2.66 bits per heavy atom. The van der Waals surface area contributed by atoms with Gasteiger partial charge >= 0.3 is 5.97 Å². The van der Waals surface area contributed by atoms with Crippen LogP contribution in [0.1, 0.15) is 31.0 Å². The predicted molar refractivity (Wildman–Crippen MR) is 136 cm³/mol. The highest BCUT2D eigenvalue weighted by molar-refractivity contribution is 7.07. The SMILES string of the molecule is CCOC(=O)C1=C(C)N=c2s/c(=C/c3cccc(Cl)c3Cl)c(=O)n2[C@H]1c1cc(OC)ccc1OC. The van der Waals surface area contributed by atoms with Crippen molar-refractivity contribution in [2.45, 2.75) is 19.9 Å². The number of esters is 1. The van der Waals surface area contributed by atoms with Crippen LogP contribution in [0.15, 0.2) is 57.5 Å². The fraction of sp³-hybridized carbons (Fsp3) is 0.240. The van der Waals surface area contributed by atoms with Crippen LogP contribution in [0.3, 0.4) is 0 Å². The number of carbonyl (C=O) groups is 1. The number of thiazole rings is 1. The van der Waals surface area contributed by atoms with Crippen LogP contribution in [-0.4, -0.2) is 31.4 Å². The van der Waals surface area contributed by atoms with E-state index in [0.29, 0.717) is 47.7 Å². The number of carbonyl (C=O) groups excluding carboxylic acids is 1. The van der Waals surface area contributed by atoms with Gasteiger partial charge in [0.15, 0.2) is 4.80 Å². The summed E-state index contributed by atoms with van der Waals surface area (Å²) in [6.45, 7) is 3.62. The van der Waals surface area contributed by atoms with E-state index in [1.807, 2.05) is 0 Å². The summed E-state index contributed by atoms with van der Waals surface area (Å²) in [5, 5.41) is 0.724. The van der Waals surface area contributed by atoms with E-state index in [4.69, 9.17) is 37.4 Å². The van der Waals surface area contributed by atoms with E-state index >= 15 is 0 Å². The Labute approximate surface area is 215 Å². The molecule has 0 radical (unpaired) electrons. The van der Waals surface area contributed by atoms with E-state index in [1.165, 1.54) is 23.0 Å². The maximum Gasteiger partial charge on any atom is 0.338 e. The largest absolute Gasteiger partial charge is 0.497 e. The zero-order valence-corrected chi connectivity index (χ0v) is 21.8. The van der Waals surface area contributed by atoms with E-state index in [1.54, 1.807) is 63.4 Å². The standard InChI is InChI=1S/C25H22Cl2N2O5S/c1-5-34-24(31)20-13(2)28-25-29(22(20)16-12-15(32-3)9-10-18(16)33-4)23(30)19(35-25)11-14-7-6-8-17(26)21(14)27/h6-12,22H,5H2,1-4H3/b19-11+/t22-/m0/s1. The molecule has 7 nitrogen and oxygen atoms in total. The maximum atomic E-state index is 13.7. The van der Waals surface area contributed by atoms with Gasteiger partial charge in [-0.3, -0.25) is 9.36 Å². The second-order valence-corrected chi connectivity index (χ2v) is 9.35. The highest BCUT2D eigenvalue weighted by Gasteiger charge is 2.35. The fourth-order valence-corrected chi connectivity index (χ4v) is 5.31. The summed E-state index contributed by atoms with van der Waals surface area (Å²) in [6.07, 6.45) is 1.67. The van der Waals surface area contributed by atoms with Crippen molar-refractivity contribution in [3.63, 3.8) is 0 Å². The molecule has 4 rings (SSSR count). The van der Waals surface area contributed by atoms with Gasteiger partial charge in [0, 0.05) is 5.56 Å². The zero-order valence-electron chi connectivity index (χ0n) is 19.4. The summed E-state index contributed by atoms with van der Waals surface area (Å²) in [5.74, 6) is 0.474. The number of nitrogens with zero attached hydrogens (tertiary/aromatic N) is 2. The summed E-state index contributed by atoms with van der Waals surface area (Å²) >= 11 is 13.7. The molecule has 3 aromatic rings. The van der Waals surface area contributed by atoms with Crippen molar-refractivity contribution in [1.29, 1.82) is 0 Å². The van der Waals surface area contributed by atoms with Crippen LogP contribution in [-0.2, 0) is 9.53 Å². The molecule has 35 heavy (non-hydrogen) atoms. The third-order valence-corrected chi connectivity index (χ3v) is 7.33. The highest BCUT2D eigenvalue weighted by atomic mass is 35.5. The smallest absolute Gasteiger partial charge is 0.338 e. The van der Waals surface area contributed by atoms with Crippen LogP contribution in [0, 0.1) is 0 Å². The molecule has 2 heterocycles. The normalized spacial score (nSPS) is 15.5. The van der Waals surface area contributed by atoms with Gasteiger partial charge in [-0.25, -0.2) is 9.79 Å². The fourth-order valence-electron chi connectivity index (χ4n) is 3.91. The van der Waals surface area contributed by atoms with Crippen LogP contribution in [0.2, 0.25) is 10.0 Å². The Morgan fingerprint density at radius 1 is 1.20 bits per heavy atom. The third kappa shape index (κ3) is 4.61. The minimum atomic E-state index is -0.840. The number of allylic oxidation sites excluding steroid dienone is 1. The molecule has 0 saturated carbocycles. The number of aromatic nitrogens is 1. The number of benzene rings is 2. The molecule has 0 aliphatic carbocycles. The second kappa shape index (κ2) is 10.3. The molecule has 0 amide bonds. The first-order chi connectivity index (χ1) is 16.8. The van der Waals surface area contributed by atoms with Gasteiger partial charge in [0.25, 0.3) is 5.56 Å². The van der Waals surface area contributed by atoms with Gasteiger partial charge in [-0.1, -0.05) is 46.7 Å². The Hall–Kier alpha value is -3.07. The van der Waals surface area contributed by atoms with E-state index in [9.17, 15) is 9.59 Å². The Kier molecular flexibility index (Phi) is 7.35. The summed E-state index contributed by atoms with van der Waals surface area (Å²) < 4.78 is 18.2. The van der Waals surface area contributed by atoms with Crippen LogP contribution in [0.4, 0.5) is 0 Å². The quantitative estimate of drug-likeness (QED) is 0.446. The van der Waals surface area contributed by atoms with Crippen molar-refractivity contribution in [1.82, 2.24) is 4.57 Å². The summed E-state index contributed by atoms with van der Waals surface area (Å²) in [7, 11) is 3.07. The van der Waals surface area contributed by atoms with Crippen LogP contribution in [0.5, 0.6) is 11.5 Å². The topological polar surface area (TPSA) is 79.1 Å². The Balaban J connectivity index is 2.04. The Bertz CT molecular complexity index is 1520. The van der Waals surface area contributed by atoms with Crippen molar-refractivity contribution in [3.05, 3.63) is 88.5 Å². The van der Waals surface area contributed by atoms with Gasteiger partial charge in [-0.05, 0) is 49.8 Å². The number of halogens is 2. The summed E-state index contributed by atoms with van der Waals surface area (Å²) in [4.78, 5) is 31.8. The molecular weight excluding hydrogens is 511 g/mol. The van der Waals surface area contributed by atoms with E-state index in [-0.39, 0.29) is 17.7 Å². The van der Waals surface area contributed by atoms with Crippen molar-refractivity contribution >= 4 is 46.6 Å². The van der Waals surface area contributed by atoms with Crippen LogP contribution >= 0.6 is 34.5 Å². The van der Waals surface area contributed by atoms with Crippen molar-refractivity contribution in [2.75, 3.05) is 20.8 Å². The van der Waals surface area contributed by atoms with Gasteiger partial charge in [-0.15, -0.1) is 0 Å². The Morgan fingerprint density at radius 2 is 1.97 bits per heavy atom. The minimum Gasteiger partial charge on any atom is -0.497 e. The van der Waals surface area contributed by atoms with Gasteiger partial charge in [-0.2, -0.15) is 0 Å². The monoisotopic (exact) mass is 532 g/mol. The number of ether oxygens (including phenoxy) is 3. The molecule has 0 unspecified atom stereocenters. The molecule has 182 valence electrons. The lowest BCUT2D eigenvalue weighted by molar-refractivity contribution is -0.139. The zero-order chi connectivity index (χ0) is 25.3. The lowest BCUT2D eigenvalue weighted by Crippen LogP contribution is -2.40. The van der Waals surface area contributed by atoms with E-state index in [2.05, 4.69) is 4.99 Å². The molecule has 0 saturated heterocycles. The van der Waals surface area contributed by atoms with Gasteiger partial charge in [0.1, 0.15) is 17.5 Å². The molecule has 2 aromatic carbocycles. The lowest BCUT2D eigenvalue weighted by Gasteiger charge is -2.26. The number of fused-ring (bicyclic) bond motifs is 1. The number of rotatable bonds is 6. The molecule has 0 bridgehead atoms. The predicted octanol–water partition coefficient (Wildman–Crippen LogP) is 4.12. The molecular formula is C25H22Cl2N2O5S.